The first kappa shape index (κ1) is 42.4. The van der Waals surface area contributed by atoms with Gasteiger partial charge in [-0.1, -0.05) is 237 Å². The van der Waals surface area contributed by atoms with Crippen molar-refractivity contribution in [3.63, 3.8) is 0 Å². The third-order valence-corrected chi connectivity index (χ3v) is 13.7. The van der Waals surface area contributed by atoms with Gasteiger partial charge < -0.3 is 4.90 Å². The van der Waals surface area contributed by atoms with Gasteiger partial charge in [-0.15, -0.1) is 0 Å². The number of fused-ring (bicyclic) bond motifs is 1. The van der Waals surface area contributed by atoms with Crippen molar-refractivity contribution in [2.45, 2.75) is 25.2 Å². The highest BCUT2D eigenvalue weighted by Crippen LogP contribution is 2.40. The van der Waals surface area contributed by atoms with Crippen LogP contribution in [0.15, 0.2) is 284 Å². The van der Waals surface area contributed by atoms with Gasteiger partial charge in [-0.05, 0) is 139 Å². The molecule has 2 atom stereocenters. The van der Waals surface area contributed by atoms with E-state index >= 15 is 0 Å². The summed E-state index contributed by atoms with van der Waals surface area (Å²) in [5, 5.41) is 0. The second kappa shape index (κ2) is 19.7. The van der Waals surface area contributed by atoms with Gasteiger partial charge in [0, 0.05) is 23.0 Å². The molecule has 0 spiro atoms. The highest BCUT2D eigenvalue weighted by atomic mass is 15.1. The summed E-state index contributed by atoms with van der Waals surface area (Å²) in [5.74, 6) is 0.889. The zero-order chi connectivity index (χ0) is 45.5. The summed E-state index contributed by atoms with van der Waals surface area (Å²) in [7, 11) is 0. The molecule has 0 fully saturated rings. The van der Waals surface area contributed by atoms with Crippen LogP contribution in [0, 0.1) is 5.92 Å². The first-order valence-corrected chi connectivity index (χ1v) is 24.0. The van der Waals surface area contributed by atoms with E-state index < -0.39 is 0 Å². The molecule has 0 saturated heterocycles. The van der Waals surface area contributed by atoms with Gasteiger partial charge in [-0.3, -0.25) is 0 Å². The lowest BCUT2D eigenvalue weighted by atomic mass is 9.79. The SMILES string of the molecule is C1=CC2=C(C[C@H](Cc3ccc(-c4ccc(N(c5ccc(-c6ccc(-c7ccccc7)cc6)cc5)c5ccc(-c6ccc(-c7ccccc7)cc6)cc5)cc4)cc3)c3ccccc3)C=CCC2C=C1. The van der Waals surface area contributed by atoms with E-state index in [-0.39, 0.29) is 0 Å². The molecule has 1 nitrogen and oxygen atoms in total. The molecule has 0 radical (unpaired) electrons. The quantitative estimate of drug-likeness (QED) is 0.112. The smallest absolute Gasteiger partial charge is 0.0462 e. The monoisotopic (exact) mass is 871 g/mol. The molecule has 68 heavy (non-hydrogen) atoms. The number of benzene rings is 9. The minimum atomic E-state index is 0.390. The van der Waals surface area contributed by atoms with E-state index in [9.17, 15) is 0 Å². The summed E-state index contributed by atoms with van der Waals surface area (Å²) in [4.78, 5) is 2.36. The zero-order valence-corrected chi connectivity index (χ0v) is 38.2. The summed E-state index contributed by atoms with van der Waals surface area (Å²) in [6.45, 7) is 0. The van der Waals surface area contributed by atoms with Crippen LogP contribution in [0.1, 0.15) is 29.9 Å². The van der Waals surface area contributed by atoms with Crippen molar-refractivity contribution in [1.82, 2.24) is 0 Å². The summed E-state index contributed by atoms with van der Waals surface area (Å²) in [6, 6.07) is 86.2. The fourth-order valence-electron chi connectivity index (χ4n) is 10.0. The molecule has 0 aromatic heterocycles. The summed E-state index contributed by atoms with van der Waals surface area (Å²) in [5.41, 5.74) is 21.1. The molecule has 2 aliphatic rings. The number of rotatable bonds is 13. The standard InChI is InChI=1S/C67H53N/c1-4-13-50(14-5-1)54-27-31-56(32-28-54)59-37-43-65(44-38-59)68(66-45-39-60(40-46-66)57-33-29-55(30-34-57)51-15-6-2-7-16-51)64-41-35-58(36-42-64)53-25-23-49(24-26-53)47-63(52-17-8-3-9-18-52)48-62-21-12-20-61-19-10-11-22-67(61)62/h1-19,21-46,61,63H,20,47-48H2/t61?,63-/m0/s1. The van der Waals surface area contributed by atoms with E-state index in [1.165, 1.54) is 77.9 Å². The topological polar surface area (TPSA) is 3.24 Å². The van der Waals surface area contributed by atoms with Crippen molar-refractivity contribution in [2.24, 2.45) is 5.92 Å². The Balaban J connectivity index is 0.857. The molecule has 0 amide bonds. The maximum absolute atomic E-state index is 2.38. The lowest BCUT2D eigenvalue weighted by Crippen LogP contribution is -2.11. The Hall–Kier alpha value is -8.26. The van der Waals surface area contributed by atoms with Crippen LogP contribution >= 0.6 is 0 Å². The fourth-order valence-corrected chi connectivity index (χ4v) is 10.0. The molecule has 326 valence electrons. The molecular weight excluding hydrogens is 819 g/mol. The zero-order valence-electron chi connectivity index (χ0n) is 38.2. The van der Waals surface area contributed by atoms with Gasteiger partial charge in [0.25, 0.3) is 0 Å². The highest BCUT2D eigenvalue weighted by molar-refractivity contribution is 5.82. The Morgan fingerprint density at radius 2 is 0.721 bits per heavy atom. The predicted octanol–water partition coefficient (Wildman–Crippen LogP) is 18.2. The summed E-state index contributed by atoms with van der Waals surface area (Å²) in [6.07, 6.45) is 16.9. The number of hydrogen-bond acceptors (Lipinski definition) is 1. The van der Waals surface area contributed by atoms with Crippen LogP contribution < -0.4 is 4.90 Å². The molecule has 9 aromatic carbocycles. The van der Waals surface area contributed by atoms with Crippen LogP contribution in [-0.2, 0) is 6.42 Å². The van der Waals surface area contributed by atoms with Gasteiger partial charge in [0.2, 0.25) is 0 Å². The molecule has 0 saturated carbocycles. The molecule has 2 aliphatic carbocycles. The van der Waals surface area contributed by atoms with Gasteiger partial charge >= 0.3 is 0 Å². The molecule has 0 N–H and O–H groups in total. The highest BCUT2D eigenvalue weighted by Gasteiger charge is 2.22. The van der Waals surface area contributed by atoms with Gasteiger partial charge in [-0.2, -0.15) is 0 Å². The number of hydrogen-bond donors (Lipinski definition) is 0. The summed E-state index contributed by atoms with van der Waals surface area (Å²) >= 11 is 0. The largest absolute Gasteiger partial charge is 0.311 e. The van der Waals surface area contributed by atoms with Gasteiger partial charge in [0.1, 0.15) is 0 Å². The van der Waals surface area contributed by atoms with Gasteiger partial charge in [0.05, 0.1) is 0 Å². The van der Waals surface area contributed by atoms with E-state index in [2.05, 4.69) is 278 Å². The van der Waals surface area contributed by atoms with Crippen LogP contribution in [0.4, 0.5) is 17.1 Å². The predicted molar refractivity (Wildman–Crippen MR) is 288 cm³/mol. The average Bonchev–Trinajstić information content (AvgIpc) is 3.42. The minimum absolute atomic E-state index is 0.390. The van der Waals surface area contributed by atoms with Crippen molar-refractivity contribution in [2.75, 3.05) is 4.90 Å². The van der Waals surface area contributed by atoms with Crippen molar-refractivity contribution < 1.29 is 0 Å². The Kier molecular flexibility index (Phi) is 12.3. The Bertz CT molecular complexity index is 3090. The first-order chi connectivity index (χ1) is 33.7. The molecule has 0 aliphatic heterocycles. The van der Waals surface area contributed by atoms with E-state index in [0.717, 1.165) is 36.3 Å². The van der Waals surface area contributed by atoms with Crippen LogP contribution in [0.3, 0.4) is 0 Å². The van der Waals surface area contributed by atoms with Gasteiger partial charge in [-0.25, -0.2) is 0 Å². The van der Waals surface area contributed by atoms with E-state index in [1.54, 1.807) is 0 Å². The summed E-state index contributed by atoms with van der Waals surface area (Å²) < 4.78 is 0. The van der Waals surface area contributed by atoms with Gasteiger partial charge in [0.15, 0.2) is 0 Å². The maximum atomic E-state index is 2.38. The molecular formula is C67H53N. The van der Waals surface area contributed by atoms with Crippen molar-refractivity contribution in [1.29, 1.82) is 0 Å². The van der Waals surface area contributed by atoms with Crippen molar-refractivity contribution >= 4 is 17.1 Å². The first-order valence-electron chi connectivity index (χ1n) is 24.0. The molecule has 0 heterocycles. The molecule has 0 bridgehead atoms. The van der Waals surface area contributed by atoms with E-state index in [0.29, 0.717) is 11.8 Å². The average molecular weight is 872 g/mol. The lowest BCUT2D eigenvalue weighted by Gasteiger charge is -2.26. The van der Waals surface area contributed by atoms with Crippen LogP contribution in [0.2, 0.25) is 0 Å². The number of anilines is 3. The lowest BCUT2D eigenvalue weighted by molar-refractivity contribution is 0.662. The normalized spacial score (nSPS) is 14.4. The molecule has 9 aromatic rings. The van der Waals surface area contributed by atoms with Crippen molar-refractivity contribution in [3.8, 4) is 55.6 Å². The Morgan fingerprint density at radius 3 is 1.15 bits per heavy atom. The van der Waals surface area contributed by atoms with Crippen molar-refractivity contribution in [3.05, 3.63) is 295 Å². The molecule has 1 heteroatoms. The minimum Gasteiger partial charge on any atom is -0.311 e. The van der Waals surface area contributed by atoms with E-state index in [1.807, 2.05) is 0 Å². The number of nitrogens with zero attached hydrogens (tertiary/aromatic N) is 1. The Labute approximate surface area is 402 Å². The number of allylic oxidation sites excluding steroid dienone is 8. The maximum Gasteiger partial charge on any atom is 0.0462 e. The van der Waals surface area contributed by atoms with Crippen LogP contribution in [0.25, 0.3) is 55.6 Å². The van der Waals surface area contributed by atoms with Crippen LogP contribution in [-0.4, -0.2) is 0 Å². The third kappa shape index (κ3) is 9.38. The third-order valence-electron chi connectivity index (χ3n) is 13.7. The Morgan fingerprint density at radius 1 is 0.353 bits per heavy atom. The molecule has 11 rings (SSSR count). The second-order valence-electron chi connectivity index (χ2n) is 18.0. The molecule has 1 unspecified atom stereocenters. The fraction of sp³-hybridized carbons (Fsp3) is 0.0746. The van der Waals surface area contributed by atoms with Crippen LogP contribution in [0.5, 0.6) is 0 Å². The van der Waals surface area contributed by atoms with E-state index in [4.69, 9.17) is 0 Å². The second-order valence-corrected chi connectivity index (χ2v) is 18.0.